The third-order valence-electron chi connectivity index (χ3n) is 12.6. The highest BCUT2D eigenvalue weighted by atomic mass is 31.2. The van der Waals surface area contributed by atoms with Crippen LogP contribution in [0.15, 0.2) is 0 Å². The Hall–Kier alpha value is -0.500. The lowest BCUT2D eigenvalue weighted by Crippen LogP contribution is -2.46. The Morgan fingerprint density at radius 1 is 0.508 bits per heavy atom. The van der Waals surface area contributed by atoms with E-state index in [4.69, 9.17) is 9.05 Å². The van der Waals surface area contributed by atoms with E-state index >= 15 is 0 Å². The van der Waals surface area contributed by atoms with Crippen molar-refractivity contribution in [2.24, 2.45) is 0 Å². The molecule has 3 atom stereocenters. The van der Waals surface area contributed by atoms with Gasteiger partial charge in [-0.15, -0.1) is 0 Å². The van der Waals surface area contributed by atoms with Crippen LogP contribution in [0.5, 0.6) is 0 Å². The van der Waals surface area contributed by atoms with Crippen molar-refractivity contribution < 1.29 is 32.9 Å². The average molecular weight is 887 g/mol. The predicted molar refractivity (Wildman–Crippen MR) is 261 cm³/mol. The normalized spacial score (nSPS) is 14.0. The molecule has 1 amide bonds. The van der Waals surface area contributed by atoms with Gasteiger partial charge >= 0.3 is 0 Å². The number of hydrogen-bond acceptors (Lipinski definition) is 6. The zero-order chi connectivity index (χ0) is 45.0. The maximum atomic E-state index is 12.9. The van der Waals surface area contributed by atoms with E-state index in [1.54, 1.807) is 0 Å². The first-order valence-corrected chi connectivity index (χ1v) is 28.3. The molecule has 0 heterocycles. The van der Waals surface area contributed by atoms with E-state index in [-0.39, 0.29) is 19.1 Å². The smallest absolute Gasteiger partial charge is 0.268 e. The lowest BCUT2D eigenvalue weighted by atomic mass is 10.0. The zero-order valence-electron chi connectivity index (χ0n) is 41.7. The largest absolute Gasteiger partial charge is 0.756 e. The van der Waals surface area contributed by atoms with Crippen LogP contribution in [-0.2, 0) is 18.4 Å². The summed E-state index contributed by atoms with van der Waals surface area (Å²) < 4.78 is 23.4. The highest BCUT2D eigenvalue weighted by molar-refractivity contribution is 7.45. The number of nitrogens with zero attached hydrogens (tertiary/aromatic N) is 1. The zero-order valence-corrected chi connectivity index (χ0v) is 42.5. The van der Waals surface area contributed by atoms with Gasteiger partial charge in [0.1, 0.15) is 13.2 Å². The number of likely N-dealkylation sites (N-methyl/N-ethyl adjacent to an activating group) is 1. The van der Waals surface area contributed by atoms with Gasteiger partial charge in [0.2, 0.25) is 5.91 Å². The van der Waals surface area contributed by atoms with Crippen molar-refractivity contribution in [1.82, 2.24) is 5.32 Å². The number of aliphatic hydroxyl groups excluding tert-OH is 1. The maximum absolute atomic E-state index is 12.9. The number of amides is 1. The molecule has 61 heavy (non-hydrogen) atoms. The Kier molecular flexibility index (Phi) is 44.3. The summed E-state index contributed by atoms with van der Waals surface area (Å²) in [5, 5.41) is 14.0. The molecule has 0 spiro atoms. The summed E-state index contributed by atoms with van der Waals surface area (Å²) in [5.41, 5.74) is 0. The quantitative estimate of drug-likeness (QED) is 0.0358. The van der Waals surface area contributed by atoms with Crippen LogP contribution in [0.3, 0.4) is 0 Å². The topological polar surface area (TPSA) is 108 Å². The second kappa shape index (κ2) is 44.7. The minimum Gasteiger partial charge on any atom is -0.756 e. The molecule has 0 radical (unpaired) electrons. The van der Waals surface area contributed by atoms with Gasteiger partial charge in [-0.25, -0.2) is 0 Å². The number of nitrogens with one attached hydrogen (secondary N) is 1. The standard InChI is InChI=1S/C52H107N2O6P/c1-6-8-10-12-14-16-18-20-22-24-25-26-27-28-30-32-34-36-38-40-42-44-46-52(56)53-50(49-60-61(57,58)59-48-47-54(3,4)5)51(55)45-43-41-39-37-35-33-31-29-23-21-19-17-15-13-11-9-7-2/h50-51,55H,6-49H2,1-5H3,(H-,53,56,57,58)/t50-,51+/m0/s1. The minimum atomic E-state index is -4.56. The van der Waals surface area contributed by atoms with Gasteiger partial charge in [0, 0.05) is 6.42 Å². The highest BCUT2D eigenvalue weighted by Gasteiger charge is 2.24. The SMILES string of the molecule is CCCCCCCCCCCCCCCCCCCCCCCCC(=O)N[C@@H](COP(=O)([O-])OCC[N+](C)(C)C)[C@H](O)CCCCCCCCCCCCCCCCCCC. The lowest BCUT2D eigenvalue weighted by molar-refractivity contribution is -0.870. The van der Waals surface area contributed by atoms with Gasteiger partial charge in [-0.3, -0.25) is 9.36 Å². The first-order valence-electron chi connectivity index (χ1n) is 26.9. The first-order chi connectivity index (χ1) is 29.5. The van der Waals surface area contributed by atoms with E-state index in [2.05, 4.69) is 19.2 Å². The van der Waals surface area contributed by atoms with E-state index in [0.29, 0.717) is 23.9 Å². The molecule has 0 aromatic heterocycles. The van der Waals surface area contributed by atoms with Crippen molar-refractivity contribution in [2.45, 2.75) is 289 Å². The molecule has 0 bridgehead atoms. The van der Waals surface area contributed by atoms with Crippen LogP contribution in [0, 0.1) is 0 Å². The summed E-state index contributed by atoms with van der Waals surface area (Å²) in [7, 11) is 1.32. The first kappa shape index (κ1) is 60.5. The highest BCUT2D eigenvalue weighted by Crippen LogP contribution is 2.38. The number of rotatable bonds is 50. The fourth-order valence-electron chi connectivity index (χ4n) is 8.34. The van der Waals surface area contributed by atoms with Crippen molar-refractivity contribution in [1.29, 1.82) is 0 Å². The van der Waals surface area contributed by atoms with Crippen LogP contribution >= 0.6 is 7.82 Å². The molecule has 0 aliphatic carbocycles. The molecule has 0 saturated heterocycles. The molecular formula is C52H107N2O6P. The summed E-state index contributed by atoms with van der Waals surface area (Å²) in [6.07, 6.45) is 51.2. The Morgan fingerprint density at radius 3 is 1.11 bits per heavy atom. The Bertz CT molecular complexity index is 963. The number of unbranched alkanes of at least 4 members (excludes halogenated alkanes) is 37. The average Bonchev–Trinajstić information content (AvgIpc) is 3.21. The molecule has 0 rings (SSSR count). The third-order valence-corrected chi connectivity index (χ3v) is 13.6. The van der Waals surface area contributed by atoms with Gasteiger partial charge in [-0.2, -0.15) is 0 Å². The number of quaternary nitrogens is 1. The maximum Gasteiger partial charge on any atom is 0.268 e. The van der Waals surface area contributed by atoms with Gasteiger partial charge < -0.3 is 28.8 Å². The van der Waals surface area contributed by atoms with E-state index in [0.717, 1.165) is 38.5 Å². The fourth-order valence-corrected chi connectivity index (χ4v) is 9.06. The molecule has 1 unspecified atom stereocenters. The number of carbonyl (C=O) groups is 1. The number of carbonyl (C=O) groups excluding carboxylic acids is 1. The molecule has 9 heteroatoms. The van der Waals surface area contributed by atoms with Crippen molar-refractivity contribution >= 4 is 13.7 Å². The van der Waals surface area contributed by atoms with Crippen molar-refractivity contribution in [2.75, 3.05) is 40.9 Å². The van der Waals surface area contributed by atoms with Crippen LogP contribution in [0.25, 0.3) is 0 Å². The molecule has 0 aromatic carbocycles. The van der Waals surface area contributed by atoms with E-state index < -0.39 is 20.0 Å². The molecule has 0 fully saturated rings. The van der Waals surface area contributed by atoms with Crippen molar-refractivity contribution in [3.63, 3.8) is 0 Å². The van der Waals surface area contributed by atoms with Crippen LogP contribution in [-0.4, -0.2) is 68.5 Å². The molecule has 0 aromatic rings. The summed E-state index contributed by atoms with van der Waals surface area (Å²) in [5.74, 6) is -0.157. The molecule has 8 nitrogen and oxygen atoms in total. The van der Waals surface area contributed by atoms with Crippen LogP contribution in [0.1, 0.15) is 277 Å². The third kappa shape index (κ3) is 47.3. The van der Waals surface area contributed by atoms with E-state index in [1.807, 2.05) is 21.1 Å². The summed E-state index contributed by atoms with van der Waals surface area (Å²) in [6, 6.07) is -0.794. The number of phosphoric acid groups is 1. The molecule has 0 saturated carbocycles. The lowest BCUT2D eigenvalue weighted by Gasteiger charge is -2.30. The number of aliphatic hydroxyl groups is 1. The van der Waals surface area contributed by atoms with Gasteiger partial charge in [0.15, 0.2) is 0 Å². The van der Waals surface area contributed by atoms with Crippen LogP contribution in [0.4, 0.5) is 0 Å². The monoisotopic (exact) mass is 887 g/mol. The molecule has 0 aliphatic rings. The fraction of sp³-hybridized carbons (Fsp3) is 0.981. The van der Waals surface area contributed by atoms with Crippen molar-refractivity contribution in [3.8, 4) is 0 Å². The van der Waals surface area contributed by atoms with Crippen LogP contribution < -0.4 is 10.2 Å². The minimum absolute atomic E-state index is 0.0165. The van der Waals surface area contributed by atoms with Crippen LogP contribution in [0.2, 0.25) is 0 Å². The summed E-state index contributed by atoms with van der Waals surface area (Å²) in [6.45, 7) is 4.77. The predicted octanol–water partition coefficient (Wildman–Crippen LogP) is 15.1. The Morgan fingerprint density at radius 2 is 0.803 bits per heavy atom. The number of hydrogen-bond donors (Lipinski definition) is 2. The van der Waals surface area contributed by atoms with Gasteiger partial charge in [-0.1, -0.05) is 258 Å². The van der Waals surface area contributed by atoms with Gasteiger partial charge in [0.25, 0.3) is 7.82 Å². The van der Waals surface area contributed by atoms with E-state index in [1.165, 1.54) is 212 Å². The molecule has 0 aliphatic heterocycles. The number of phosphoric ester groups is 1. The summed E-state index contributed by atoms with van der Waals surface area (Å²) >= 11 is 0. The second-order valence-electron chi connectivity index (χ2n) is 20.0. The second-order valence-corrected chi connectivity index (χ2v) is 21.4. The van der Waals surface area contributed by atoms with E-state index in [9.17, 15) is 19.4 Å². The summed E-state index contributed by atoms with van der Waals surface area (Å²) in [4.78, 5) is 25.5. The van der Waals surface area contributed by atoms with Gasteiger partial charge in [0.05, 0.1) is 39.9 Å². The molecule has 366 valence electrons. The Balaban J connectivity index is 4.17. The molecular weight excluding hydrogens is 780 g/mol. The van der Waals surface area contributed by atoms with Gasteiger partial charge in [-0.05, 0) is 12.8 Å². The Labute approximate surface area is 380 Å². The molecule has 2 N–H and O–H groups in total. The van der Waals surface area contributed by atoms with Crippen molar-refractivity contribution in [3.05, 3.63) is 0 Å².